The van der Waals surface area contributed by atoms with Gasteiger partial charge in [-0.25, -0.2) is 4.39 Å². The number of hydrogen-bond acceptors (Lipinski definition) is 2. The number of nitrogens with zero attached hydrogens (tertiary/aromatic N) is 2. The van der Waals surface area contributed by atoms with Crippen LogP contribution in [0.4, 0.5) is 17.6 Å². The van der Waals surface area contributed by atoms with E-state index in [0.29, 0.717) is 12.1 Å². The van der Waals surface area contributed by atoms with E-state index in [4.69, 9.17) is 12.2 Å². The summed E-state index contributed by atoms with van der Waals surface area (Å²) < 4.78 is 52.5. The molecule has 2 aromatic rings. The van der Waals surface area contributed by atoms with Crippen LogP contribution in [0.3, 0.4) is 0 Å². The lowest BCUT2D eigenvalue weighted by Crippen LogP contribution is -2.05. The van der Waals surface area contributed by atoms with Crippen molar-refractivity contribution in [2.75, 3.05) is 0 Å². The standard InChI is InChI=1S/C10H7F4N3S/c1-17-9(18)15-8(16-17)6-4-5(10(12,13)14)2-3-7(6)11/h2-4H,1H3,(H,15,16,18). The molecule has 0 saturated carbocycles. The molecule has 0 fully saturated rings. The van der Waals surface area contributed by atoms with E-state index in [1.807, 2.05) is 0 Å². The molecule has 1 aromatic heterocycles. The molecule has 8 heteroatoms. The van der Waals surface area contributed by atoms with Gasteiger partial charge in [-0.1, -0.05) is 0 Å². The van der Waals surface area contributed by atoms with Gasteiger partial charge in [-0.3, -0.25) is 9.78 Å². The minimum absolute atomic E-state index is 0.0360. The average molecular weight is 277 g/mol. The Bertz CT molecular complexity index is 641. The van der Waals surface area contributed by atoms with Crippen molar-refractivity contribution in [1.29, 1.82) is 0 Å². The number of alkyl halides is 3. The molecule has 0 radical (unpaired) electrons. The molecule has 0 unspecified atom stereocenters. The van der Waals surface area contributed by atoms with Crippen molar-refractivity contribution in [2.24, 2.45) is 7.05 Å². The van der Waals surface area contributed by atoms with Gasteiger partial charge in [0.05, 0.1) is 11.1 Å². The van der Waals surface area contributed by atoms with Crippen LogP contribution in [0.5, 0.6) is 0 Å². The summed E-state index contributed by atoms with van der Waals surface area (Å²) in [5.41, 5.74) is -1.21. The molecule has 2 rings (SSSR count). The molecule has 0 bridgehead atoms. The number of H-pyrrole nitrogens is 1. The summed E-state index contributed by atoms with van der Waals surface area (Å²) in [7, 11) is 1.53. The van der Waals surface area contributed by atoms with Crippen molar-refractivity contribution in [1.82, 2.24) is 14.8 Å². The number of halogens is 4. The molecule has 18 heavy (non-hydrogen) atoms. The Morgan fingerprint density at radius 2 is 2.00 bits per heavy atom. The summed E-state index contributed by atoms with van der Waals surface area (Å²) in [5.74, 6) is -0.835. The lowest BCUT2D eigenvalue weighted by atomic mass is 10.1. The fraction of sp³-hybridized carbons (Fsp3) is 0.200. The molecular weight excluding hydrogens is 270 g/mol. The third-order valence-electron chi connectivity index (χ3n) is 2.32. The molecule has 0 spiro atoms. The highest BCUT2D eigenvalue weighted by Gasteiger charge is 2.31. The van der Waals surface area contributed by atoms with Crippen LogP contribution >= 0.6 is 12.2 Å². The Morgan fingerprint density at radius 1 is 1.33 bits per heavy atom. The Labute approximate surface area is 104 Å². The van der Waals surface area contributed by atoms with E-state index in [1.165, 1.54) is 11.7 Å². The number of rotatable bonds is 1. The molecule has 96 valence electrons. The number of nitrogens with one attached hydrogen (secondary N) is 1. The number of benzene rings is 1. The number of hydrogen-bond donors (Lipinski definition) is 1. The van der Waals surface area contributed by atoms with Gasteiger partial charge in [-0.2, -0.15) is 18.2 Å². The van der Waals surface area contributed by atoms with Gasteiger partial charge in [0.25, 0.3) is 0 Å². The molecule has 0 atom stereocenters. The van der Waals surface area contributed by atoms with Gasteiger partial charge in [0.15, 0.2) is 5.82 Å². The molecule has 1 heterocycles. The summed E-state index contributed by atoms with van der Waals surface area (Å²) in [6, 6.07) is 2.13. The van der Waals surface area contributed by atoms with Crippen LogP contribution in [0, 0.1) is 10.6 Å². The van der Waals surface area contributed by atoms with Crippen LogP contribution in [-0.2, 0) is 13.2 Å². The van der Waals surface area contributed by atoms with Crippen LogP contribution in [0.1, 0.15) is 5.56 Å². The average Bonchev–Trinajstić information content (AvgIpc) is 2.58. The molecule has 1 aromatic carbocycles. The molecule has 0 aliphatic heterocycles. The smallest absolute Gasteiger partial charge is 0.279 e. The maximum absolute atomic E-state index is 13.5. The van der Waals surface area contributed by atoms with Gasteiger partial charge in [0.2, 0.25) is 4.77 Å². The topological polar surface area (TPSA) is 33.6 Å². The second-order valence-electron chi connectivity index (χ2n) is 3.61. The fourth-order valence-corrected chi connectivity index (χ4v) is 1.54. The predicted octanol–water partition coefficient (Wildman–Crippen LogP) is 3.30. The van der Waals surface area contributed by atoms with Crippen LogP contribution in [-0.4, -0.2) is 14.8 Å². The zero-order valence-corrected chi connectivity index (χ0v) is 9.86. The Morgan fingerprint density at radius 3 is 2.50 bits per heavy atom. The van der Waals surface area contributed by atoms with Crippen molar-refractivity contribution >= 4 is 12.2 Å². The van der Waals surface area contributed by atoms with E-state index >= 15 is 0 Å². The van der Waals surface area contributed by atoms with Crippen molar-refractivity contribution in [3.05, 3.63) is 34.4 Å². The number of aryl methyl sites for hydroxylation is 1. The van der Waals surface area contributed by atoms with Crippen LogP contribution in [0.15, 0.2) is 18.2 Å². The molecule has 0 aliphatic carbocycles. The summed E-state index contributed by atoms with van der Waals surface area (Å²) in [5, 5.41) is 2.57. The van der Waals surface area contributed by atoms with Gasteiger partial charge in [-0.05, 0) is 30.4 Å². The van der Waals surface area contributed by atoms with Crippen LogP contribution in [0.2, 0.25) is 0 Å². The second kappa shape index (κ2) is 4.20. The lowest BCUT2D eigenvalue weighted by molar-refractivity contribution is -0.137. The maximum Gasteiger partial charge on any atom is 0.416 e. The number of aromatic amines is 1. The molecule has 0 aliphatic rings. The fourth-order valence-electron chi connectivity index (χ4n) is 1.41. The molecule has 0 amide bonds. The summed E-state index contributed by atoms with van der Waals surface area (Å²) in [6.45, 7) is 0. The van der Waals surface area contributed by atoms with E-state index in [2.05, 4.69) is 10.1 Å². The molecule has 1 N–H and O–H groups in total. The first-order chi connectivity index (χ1) is 8.29. The van der Waals surface area contributed by atoms with E-state index in [-0.39, 0.29) is 16.2 Å². The third kappa shape index (κ3) is 2.28. The SMILES string of the molecule is Cn1[nH]c(-c2cc(C(F)(F)F)ccc2F)nc1=S. The zero-order chi connectivity index (χ0) is 13.5. The minimum Gasteiger partial charge on any atom is -0.279 e. The molecular formula is C10H7F4N3S. The highest BCUT2D eigenvalue weighted by molar-refractivity contribution is 7.71. The summed E-state index contributed by atoms with van der Waals surface area (Å²) in [4.78, 5) is 3.78. The van der Waals surface area contributed by atoms with Crippen LogP contribution in [0.25, 0.3) is 11.4 Å². The second-order valence-corrected chi connectivity index (χ2v) is 3.97. The largest absolute Gasteiger partial charge is 0.416 e. The van der Waals surface area contributed by atoms with Crippen molar-refractivity contribution in [3.8, 4) is 11.4 Å². The predicted molar refractivity (Wildman–Crippen MR) is 58.8 cm³/mol. The van der Waals surface area contributed by atoms with Gasteiger partial charge in [0.1, 0.15) is 5.82 Å². The van der Waals surface area contributed by atoms with Gasteiger partial charge < -0.3 is 0 Å². The summed E-state index contributed by atoms with van der Waals surface area (Å²) in [6.07, 6.45) is -4.53. The first-order valence-electron chi connectivity index (χ1n) is 4.79. The quantitative estimate of drug-likeness (QED) is 0.641. The van der Waals surface area contributed by atoms with Gasteiger partial charge in [-0.15, -0.1) is 0 Å². The third-order valence-corrected chi connectivity index (χ3v) is 2.68. The Hall–Kier alpha value is -1.70. The lowest BCUT2D eigenvalue weighted by Gasteiger charge is -2.08. The van der Waals surface area contributed by atoms with Crippen LogP contribution < -0.4 is 0 Å². The van der Waals surface area contributed by atoms with E-state index in [9.17, 15) is 17.6 Å². The van der Waals surface area contributed by atoms with E-state index in [1.54, 1.807) is 0 Å². The molecule has 3 nitrogen and oxygen atoms in total. The van der Waals surface area contributed by atoms with Gasteiger partial charge >= 0.3 is 6.18 Å². The first kappa shape index (κ1) is 12.7. The monoisotopic (exact) mass is 277 g/mol. The van der Waals surface area contributed by atoms with Crippen molar-refractivity contribution in [2.45, 2.75) is 6.18 Å². The molecule has 0 saturated heterocycles. The van der Waals surface area contributed by atoms with Crippen molar-refractivity contribution < 1.29 is 17.6 Å². The van der Waals surface area contributed by atoms with Gasteiger partial charge in [0, 0.05) is 7.05 Å². The van der Waals surface area contributed by atoms with E-state index in [0.717, 1.165) is 6.07 Å². The summed E-state index contributed by atoms with van der Waals surface area (Å²) >= 11 is 4.80. The Kier molecular flexibility index (Phi) is 2.97. The normalized spacial score (nSPS) is 11.8. The maximum atomic E-state index is 13.5. The highest BCUT2D eigenvalue weighted by atomic mass is 32.1. The first-order valence-corrected chi connectivity index (χ1v) is 5.20. The highest BCUT2D eigenvalue weighted by Crippen LogP contribution is 2.32. The minimum atomic E-state index is -4.53. The van der Waals surface area contributed by atoms with Crippen molar-refractivity contribution in [3.63, 3.8) is 0 Å². The Balaban J connectivity index is 2.60. The van der Waals surface area contributed by atoms with E-state index < -0.39 is 17.6 Å². The zero-order valence-electron chi connectivity index (χ0n) is 9.05. The number of aromatic nitrogens is 3.